The van der Waals surface area contributed by atoms with Crippen LogP contribution in [0.1, 0.15) is 11.7 Å². The van der Waals surface area contributed by atoms with Crippen molar-refractivity contribution in [3.05, 3.63) is 59.7 Å². The summed E-state index contributed by atoms with van der Waals surface area (Å²) >= 11 is 0. The first-order valence-corrected chi connectivity index (χ1v) is 6.11. The Morgan fingerprint density at radius 3 is 2.50 bits per heavy atom. The molecule has 0 bridgehead atoms. The molecule has 2 rings (SSSR count). The molecule has 0 amide bonds. The summed E-state index contributed by atoms with van der Waals surface area (Å²) in [7, 11) is 1.49. The first-order valence-electron chi connectivity index (χ1n) is 6.11. The summed E-state index contributed by atoms with van der Waals surface area (Å²) in [6.07, 6.45) is -0.860. The third kappa shape index (κ3) is 3.45. The number of hydrogen-bond donors (Lipinski definition) is 2. The van der Waals surface area contributed by atoms with Gasteiger partial charge in [0, 0.05) is 12.6 Å². The highest BCUT2D eigenvalue weighted by Crippen LogP contribution is 2.22. The van der Waals surface area contributed by atoms with Crippen LogP contribution in [0, 0.1) is 11.6 Å². The monoisotopic (exact) mass is 279 g/mol. The van der Waals surface area contributed by atoms with Gasteiger partial charge in [0.15, 0.2) is 0 Å². The Hall–Kier alpha value is -2.14. The second-order valence-corrected chi connectivity index (χ2v) is 4.29. The third-order valence-corrected chi connectivity index (χ3v) is 2.91. The zero-order valence-electron chi connectivity index (χ0n) is 10.9. The van der Waals surface area contributed by atoms with Crippen molar-refractivity contribution in [2.45, 2.75) is 6.10 Å². The predicted molar refractivity (Wildman–Crippen MR) is 72.8 cm³/mol. The molecule has 1 unspecified atom stereocenters. The van der Waals surface area contributed by atoms with Crippen molar-refractivity contribution >= 4 is 5.69 Å². The second kappa shape index (κ2) is 6.34. The Morgan fingerprint density at radius 1 is 1.15 bits per heavy atom. The van der Waals surface area contributed by atoms with Gasteiger partial charge in [-0.3, -0.25) is 0 Å². The molecule has 0 aliphatic carbocycles. The van der Waals surface area contributed by atoms with Gasteiger partial charge in [-0.1, -0.05) is 12.1 Å². The average molecular weight is 279 g/mol. The standard InChI is InChI=1S/C15H15F2NO2/c1-20-12-6-7-13(17)14(8-12)18-9-15(19)10-2-4-11(16)5-3-10/h2-8,15,18-19H,9H2,1H3. The summed E-state index contributed by atoms with van der Waals surface area (Å²) < 4.78 is 31.3. The van der Waals surface area contributed by atoms with Crippen LogP contribution in [0.2, 0.25) is 0 Å². The molecule has 106 valence electrons. The molecule has 20 heavy (non-hydrogen) atoms. The van der Waals surface area contributed by atoms with Crippen LogP contribution in [-0.4, -0.2) is 18.8 Å². The number of hydrogen-bond acceptors (Lipinski definition) is 3. The summed E-state index contributed by atoms with van der Waals surface area (Å²) in [5.74, 6) is -0.282. The number of methoxy groups -OCH3 is 1. The van der Waals surface area contributed by atoms with Gasteiger partial charge in [-0.05, 0) is 29.8 Å². The minimum Gasteiger partial charge on any atom is -0.497 e. The number of nitrogens with one attached hydrogen (secondary N) is 1. The molecule has 0 saturated heterocycles. The van der Waals surface area contributed by atoms with E-state index in [4.69, 9.17) is 4.74 Å². The molecule has 0 aliphatic heterocycles. The van der Waals surface area contributed by atoms with Gasteiger partial charge in [-0.15, -0.1) is 0 Å². The van der Waals surface area contributed by atoms with E-state index in [2.05, 4.69) is 5.32 Å². The van der Waals surface area contributed by atoms with Crippen LogP contribution in [-0.2, 0) is 0 Å². The third-order valence-electron chi connectivity index (χ3n) is 2.91. The molecular weight excluding hydrogens is 264 g/mol. The highest BCUT2D eigenvalue weighted by Gasteiger charge is 2.09. The Kier molecular flexibility index (Phi) is 4.53. The SMILES string of the molecule is COc1ccc(F)c(NCC(O)c2ccc(F)cc2)c1. The van der Waals surface area contributed by atoms with Crippen molar-refractivity contribution in [1.29, 1.82) is 0 Å². The molecule has 2 N–H and O–H groups in total. The molecule has 1 atom stereocenters. The number of aliphatic hydroxyl groups excluding tert-OH is 1. The maximum absolute atomic E-state index is 13.6. The minimum atomic E-state index is -0.860. The molecule has 0 saturated carbocycles. The van der Waals surface area contributed by atoms with E-state index in [9.17, 15) is 13.9 Å². The molecule has 0 aliphatic rings. The van der Waals surface area contributed by atoms with E-state index in [1.807, 2.05) is 0 Å². The molecule has 2 aromatic carbocycles. The van der Waals surface area contributed by atoms with Crippen molar-refractivity contribution in [2.75, 3.05) is 19.0 Å². The maximum atomic E-state index is 13.6. The molecule has 5 heteroatoms. The van der Waals surface area contributed by atoms with Gasteiger partial charge in [0.1, 0.15) is 17.4 Å². The van der Waals surface area contributed by atoms with Gasteiger partial charge >= 0.3 is 0 Å². The van der Waals surface area contributed by atoms with Gasteiger partial charge < -0.3 is 15.2 Å². The topological polar surface area (TPSA) is 41.5 Å². The number of benzene rings is 2. The van der Waals surface area contributed by atoms with Crippen molar-refractivity contribution in [3.8, 4) is 5.75 Å². The minimum absolute atomic E-state index is 0.107. The quantitative estimate of drug-likeness (QED) is 0.883. The normalized spacial score (nSPS) is 12.0. The molecule has 0 fully saturated rings. The van der Waals surface area contributed by atoms with E-state index in [0.29, 0.717) is 11.3 Å². The number of aliphatic hydroxyl groups is 1. The van der Waals surface area contributed by atoms with Gasteiger partial charge in [0.25, 0.3) is 0 Å². The first kappa shape index (κ1) is 14.3. The summed E-state index contributed by atoms with van der Waals surface area (Å²) in [5, 5.41) is 12.8. The van der Waals surface area contributed by atoms with Crippen LogP contribution in [0.4, 0.5) is 14.5 Å². The predicted octanol–water partition coefficient (Wildman–Crippen LogP) is 3.12. The zero-order valence-corrected chi connectivity index (χ0v) is 10.9. The number of ether oxygens (including phenoxy) is 1. The summed E-state index contributed by atoms with van der Waals surface area (Å²) in [5.41, 5.74) is 0.799. The lowest BCUT2D eigenvalue weighted by Gasteiger charge is -2.14. The molecule has 0 heterocycles. The summed E-state index contributed by atoms with van der Waals surface area (Å²) in [6.45, 7) is 0.107. The maximum Gasteiger partial charge on any atom is 0.146 e. The highest BCUT2D eigenvalue weighted by atomic mass is 19.1. The van der Waals surface area contributed by atoms with Crippen LogP contribution in [0.15, 0.2) is 42.5 Å². The number of rotatable bonds is 5. The Balaban J connectivity index is 2.02. The fourth-order valence-electron chi connectivity index (χ4n) is 1.78. The van der Waals surface area contributed by atoms with E-state index in [-0.39, 0.29) is 18.0 Å². The summed E-state index contributed by atoms with van der Waals surface area (Å²) in [4.78, 5) is 0. The fourth-order valence-corrected chi connectivity index (χ4v) is 1.78. The van der Waals surface area contributed by atoms with E-state index in [0.717, 1.165) is 0 Å². The molecular formula is C15H15F2NO2. The van der Waals surface area contributed by atoms with E-state index < -0.39 is 11.9 Å². The van der Waals surface area contributed by atoms with Crippen LogP contribution >= 0.6 is 0 Å². The van der Waals surface area contributed by atoms with E-state index in [1.165, 1.54) is 49.6 Å². The van der Waals surface area contributed by atoms with Crippen molar-refractivity contribution in [1.82, 2.24) is 0 Å². The number of halogens is 2. The lowest BCUT2D eigenvalue weighted by molar-refractivity contribution is 0.191. The molecule has 0 aromatic heterocycles. The van der Waals surface area contributed by atoms with Gasteiger partial charge in [-0.2, -0.15) is 0 Å². The highest BCUT2D eigenvalue weighted by molar-refractivity contribution is 5.49. The lowest BCUT2D eigenvalue weighted by Crippen LogP contribution is -2.13. The largest absolute Gasteiger partial charge is 0.497 e. The lowest BCUT2D eigenvalue weighted by atomic mass is 10.1. The molecule has 3 nitrogen and oxygen atoms in total. The Morgan fingerprint density at radius 2 is 1.85 bits per heavy atom. The molecule has 2 aromatic rings. The van der Waals surface area contributed by atoms with Gasteiger partial charge in [0.05, 0.1) is 18.9 Å². The van der Waals surface area contributed by atoms with Crippen molar-refractivity contribution < 1.29 is 18.6 Å². The van der Waals surface area contributed by atoms with Crippen molar-refractivity contribution in [2.24, 2.45) is 0 Å². The fraction of sp³-hybridized carbons (Fsp3) is 0.200. The molecule has 0 radical (unpaired) electrons. The smallest absolute Gasteiger partial charge is 0.146 e. The van der Waals surface area contributed by atoms with Crippen LogP contribution in [0.25, 0.3) is 0 Å². The number of anilines is 1. The second-order valence-electron chi connectivity index (χ2n) is 4.29. The van der Waals surface area contributed by atoms with Crippen LogP contribution in [0.3, 0.4) is 0 Å². The Bertz CT molecular complexity index is 573. The Labute approximate surface area is 115 Å². The average Bonchev–Trinajstić information content (AvgIpc) is 2.47. The summed E-state index contributed by atoms with van der Waals surface area (Å²) in [6, 6.07) is 9.82. The van der Waals surface area contributed by atoms with E-state index in [1.54, 1.807) is 0 Å². The first-order chi connectivity index (χ1) is 9.60. The van der Waals surface area contributed by atoms with E-state index >= 15 is 0 Å². The van der Waals surface area contributed by atoms with Gasteiger partial charge in [-0.25, -0.2) is 8.78 Å². The molecule has 0 spiro atoms. The van der Waals surface area contributed by atoms with Crippen LogP contribution < -0.4 is 10.1 Å². The zero-order chi connectivity index (χ0) is 14.5. The van der Waals surface area contributed by atoms with Gasteiger partial charge in [0.2, 0.25) is 0 Å². The van der Waals surface area contributed by atoms with Crippen molar-refractivity contribution in [3.63, 3.8) is 0 Å². The van der Waals surface area contributed by atoms with Crippen LogP contribution in [0.5, 0.6) is 5.75 Å².